The topological polar surface area (TPSA) is 51.0 Å². The number of hydrogen-bond donors (Lipinski definition) is 0. The minimum atomic E-state index is -0.0436. The monoisotopic (exact) mass is 304 g/mol. The summed E-state index contributed by atoms with van der Waals surface area (Å²) >= 11 is 1.65. The van der Waals surface area contributed by atoms with E-state index in [-0.39, 0.29) is 5.91 Å². The van der Waals surface area contributed by atoms with Crippen LogP contribution in [0.15, 0.2) is 23.8 Å². The Hall–Kier alpha value is -1.95. The Labute approximate surface area is 128 Å². The summed E-state index contributed by atoms with van der Waals surface area (Å²) in [6.45, 7) is 4.77. The Kier molecular flexibility index (Phi) is 4.90. The zero-order chi connectivity index (χ0) is 15.4. The van der Waals surface area contributed by atoms with E-state index in [4.69, 9.17) is 0 Å². The van der Waals surface area contributed by atoms with E-state index >= 15 is 0 Å². The van der Waals surface area contributed by atoms with E-state index in [9.17, 15) is 4.79 Å². The number of aryl methyl sites for hydroxylation is 1. The molecule has 0 atom stereocenters. The first kappa shape index (κ1) is 15.4. The van der Waals surface area contributed by atoms with Crippen LogP contribution in [0.2, 0.25) is 0 Å². The van der Waals surface area contributed by atoms with E-state index in [1.54, 1.807) is 46.3 Å². The second-order valence-corrected chi connectivity index (χ2v) is 6.20. The van der Waals surface area contributed by atoms with Crippen LogP contribution in [0.1, 0.15) is 36.0 Å². The van der Waals surface area contributed by atoms with Crippen LogP contribution < -0.4 is 0 Å². The second-order valence-electron chi connectivity index (χ2n) is 5.31. The van der Waals surface area contributed by atoms with Gasteiger partial charge in [0.15, 0.2) is 0 Å². The van der Waals surface area contributed by atoms with Crippen LogP contribution in [0.25, 0.3) is 6.08 Å². The smallest absolute Gasteiger partial charge is 0.246 e. The average Bonchev–Trinajstić information content (AvgIpc) is 3.05. The summed E-state index contributed by atoms with van der Waals surface area (Å²) in [4.78, 5) is 18.3. The van der Waals surface area contributed by atoms with Crippen LogP contribution in [-0.4, -0.2) is 32.6 Å². The molecule has 112 valence electrons. The molecule has 0 N–H and O–H groups in total. The third-order valence-electron chi connectivity index (χ3n) is 2.98. The largest absolute Gasteiger partial charge is 0.336 e. The molecule has 0 aromatic carbocycles. The maximum absolute atomic E-state index is 12.1. The van der Waals surface area contributed by atoms with Gasteiger partial charge in [-0.05, 0) is 6.08 Å². The first-order valence-electron chi connectivity index (χ1n) is 6.82. The van der Waals surface area contributed by atoms with E-state index in [0.29, 0.717) is 12.5 Å². The van der Waals surface area contributed by atoms with Crippen LogP contribution in [0.3, 0.4) is 0 Å². The summed E-state index contributed by atoms with van der Waals surface area (Å²) in [7, 11) is 3.63. The SMILES string of the molecule is CC(C)c1nc(CN(C)C(=O)/C=C/c2cnn(C)c2)cs1. The molecular formula is C15H20N4OS. The molecule has 5 nitrogen and oxygen atoms in total. The number of carbonyl (C=O) groups is 1. The molecule has 1 amide bonds. The Balaban J connectivity index is 1.94. The number of aromatic nitrogens is 3. The van der Waals surface area contributed by atoms with Crippen LogP contribution in [0, 0.1) is 0 Å². The lowest BCUT2D eigenvalue weighted by Gasteiger charge is -2.13. The fraction of sp³-hybridized carbons (Fsp3) is 0.400. The molecule has 0 saturated carbocycles. The number of likely N-dealkylation sites (N-methyl/N-ethyl adjacent to an activating group) is 1. The van der Waals surface area contributed by atoms with Gasteiger partial charge in [0, 0.05) is 43.2 Å². The van der Waals surface area contributed by atoms with Gasteiger partial charge in [-0.1, -0.05) is 13.8 Å². The van der Waals surface area contributed by atoms with Crippen molar-refractivity contribution in [2.45, 2.75) is 26.3 Å². The lowest BCUT2D eigenvalue weighted by molar-refractivity contribution is -0.125. The van der Waals surface area contributed by atoms with Gasteiger partial charge in [-0.2, -0.15) is 5.10 Å². The highest BCUT2D eigenvalue weighted by Crippen LogP contribution is 2.19. The highest BCUT2D eigenvalue weighted by Gasteiger charge is 2.10. The molecule has 2 heterocycles. The van der Waals surface area contributed by atoms with Gasteiger partial charge >= 0.3 is 0 Å². The van der Waals surface area contributed by atoms with Crippen LogP contribution in [0.5, 0.6) is 0 Å². The highest BCUT2D eigenvalue weighted by molar-refractivity contribution is 7.09. The molecule has 21 heavy (non-hydrogen) atoms. The Morgan fingerprint density at radius 3 is 2.86 bits per heavy atom. The van der Waals surface area contributed by atoms with Crippen molar-refractivity contribution in [1.82, 2.24) is 19.7 Å². The van der Waals surface area contributed by atoms with Crippen LogP contribution >= 0.6 is 11.3 Å². The van der Waals surface area contributed by atoms with Crippen molar-refractivity contribution in [1.29, 1.82) is 0 Å². The molecular weight excluding hydrogens is 284 g/mol. The van der Waals surface area contributed by atoms with Gasteiger partial charge in [-0.15, -0.1) is 11.3 Å². The quantitative estimate of drug-likeness (QED) is 0.798. The molecule has 2 aromatic rings. The predicted octanol–water partition coefficient (Wildman–Crippen LogP) is 2.67. The zero-order valence-electron chi connectivity index (χ0n) is 12.8. The van der Waals surface area contributed by atoms with Crippen molar-refractivity contribution >= 4 is 23.3 Å². The first-order valence-corrected chi connectivity index (χ1v) is 7.70. The molecule has 0 saturated heterocycles. The summed E-state index contributed by atoms with van der Waals surface area (Å²) in [5.41, 5.74) is 1.85. The van der Waals surface area contributed by atoms with Gasteiger partial charge in [0.05, 0.1) is 23.4 Å². The second kappa shape index (κ2) is 6.67. The van der Waals surface area contributed by atoms with E-state index in [2.05, 4.69) is 23.9 Å². The van der Waals surface area contributed by atoms with Crippen LogP contribution in [-0.2, 0) is 18.4 Å². The van der Waals surface area contributed by atoms with Gasteiger partial charge in [-0.25, -0.2) is 4.98 Å². The zero-order valence-corrected chi connectivity index (χ0v) is 13.6. The molecule has 0 radical (unpaired) electrons. The molecule has 0 unspecified atom stereocenters. The van der Waals surface area contributed by atoms with Crippen LogP contribution in [0.4, 0.5) is 0 Å². The van der Waals surface area contributed by atoms with Crippen molar-refractivity contribution in [3.05, 3.63) is 40.1 Å². The van der Waals surface area contributed by atoms with Crippen molar-refractivity contribution in [2.75, 3.05) is 7.05 Å². The Morgan fingerprint density at radius 2 is 2.29 bits per heavy atom. The molecule has 0 aliphatic heterocycles. The predicted molar refractivity (Wildman–Crippen MR) is 84.9 cm³/mol. The molecule has 6 heteroatoms. The van der Waals surface area contributed by atoms with Crippen molar-refractivity contribution in [2.24, 2.45) is 7.05 Å². The number of thiazole rings is 1. The number of nitrogens with zero attached hydrogens (tertiary/aromatic N) is 4. The fourth-order valence-electron chi connectivity index (χ4n) is 1.80. The van der Waals surface area contributed by atoms with E-state index in [1.807, 2.05) is 18.6 Å². The number of carbonyl (C=O) groups excluding carboxylic acids is 1. The fourth-order valence-corrected chi connectivity index (χ4v) is 2.63. The molecule has 0 aliphatic rings. The maximum Gasteiger partial charge on any atom is 0.246 e. The third kappa shape index (κ3) is 4.26. The van der Waals surface area contributed by atoms with Crippen molar-refractivity contribution in [3.8, 4) is 0 Å². The van der Waals surface area contributed by atoms with E-state index in [0.717, 1.165) is 16.3 Å². The van der Waals surface area contributed by atoms with Gasteiger partial charge in [0.25, 0.3) is 0 Å². The molecule has 2 rings (SSSR count). The molecule has 0 fully saturated rings. The molecule has 0 bridgehead atoms. The molecule has 2 aromatic heterocycles. The summed E-state index contributed by atoms with van der Waals surface area (Å²) in [6, 6.07) is 0. The number of hydrogen-bond acceptors (Lipinski definition) is 4. The standard InChI is InChI=1S/C15H20N4OS/c1-11(2)15-17-13(10-21-15)9-18(3)14(20)6-5-12-7-16-19(4)8-12/h5-8,10-11H,9H2,1-4H3/b6-5+. The highest BCUT2D eigenvalue weighted by atomic mass is 32.1. The molecule has 0 spiro atoms. The normalized spacial score (nSPS) is 11.5. The first-order chi connectivity index (χ1) is 9.95. The van der Waals surface area contributed by atoms with Gasteiger partial charge < -0.3 is 4.90 Å². The van der Waals surface area contributed by atoms with Gasteiger partial charge in [0.1, 0.15) is 0 Å². The minimum Gasteiger partial charge on any atom is -0.336 e. The summed E-state index contributed by atoms with van der Waals surface area (Å²) in [6.07, 6.45) is 6.91. The lowest BCUT2D eigenvalue weighted by atomic mass is 10.2. The summed E-state index contributed by atoms with van der Waals surface area (Å²) < 4.78 is 1.70. The third-order valence-corrected chi connectivity index (χ3v) is 4.18. The lowest BCUT2D eigenvalue weighted by Crippen LogP contribution is -2.24. The summed E-state index contributed by atoms with van der Waals surface area (Å²) in [5, 5.41) is 7.18. The van der Waals surface area contributed by atoms with Crippen molar-refractivity contribution in [3.63, 3.8) is 0 Å². The van der Waals surface area contributed by atoms with Gasteiger partial charge in [-0.3, -0.25) is 9.48 Å². The summed E-state index contributed by atoms with van der Waals surface area (Å²) in [5.74, 6) is 0.383. The maximum atomic E-state index is 12.1. The van der Waals surface area contributed by atoms with E-state index < -0.39 is 0 Å². The molecule has 0 aliphatic carbocycles. The number of amides is 1. The van der Waals surface area contributed by atoms with Gasteiger partial charge in [0.2, 0.25) is 5.91 Å². The van der Waals surface area contributed by atoms with Crippen molar-refractivity contribution < 1.29 is 4.79 Å². The Bertz CT molecular complexity index is 642. The minimum absolute atomic E-state index is 0.0436. The van der Waals surface area contributed by atoms with E-state index in [1.165, 1.54) is 0 Å². The average molecular weight is 304 g/mol. The number of rotatable bonds is 5. The Morgan fingerprint density at radius 1 is 1.52 bits per heavy atom.